The number of hydrogen-bond acceptors (Lipinski definition) is 4. The van der Waals surface area contributed by atoms with Crippen LogP contribution in [0.2, 0.25) is 0 Å². The van der Waals surface area contributed by atoms with Gasteiger partial charge in [0.2, 0.25) is 0 Å². The molecule has 4 nitrogen and oxygen atoms in total. The van der Waals surface area contributed by atoms with Crippen LogP contribution in [0.15, 0.2) is 83.4 Å². The van der Waals surface area contributed by atoms with Crippen molar-refractivity contribution in [3.05, 3.63) is 93.8 Å². The molecule has 156 valence electrons. The van der Waals surface area contributed by atoms with Gasteiger partial charge in [-0.1, -0.05) is 62.4 Å². The number of nitrogens with one attached hydrogen (secondary N) is 1. The van der Waals surface area contributed by atoms with Crippen molar-refractivity contribution in [3.63, 3.8) is 0 Å². The maximum Gasteiger partial charge on any atom is 0.269 e. The zero-order valence-corrected chi connectivity index (χ0v) is 18.4. The van der Waals surface area contributed by atoms with Crippen molar-refractivity contribution in [2.75, 3.05) is 10.2 Å². The minimum absolute atomic E-state index is 0.0931. The number of carbonyl (C=O) groups excluding carboxylic acids is 2. The second-order valence-corrected chi connectivity index (χ2v) is 9.89. The number of para-hydroxylation sites is 2. The van der Waals surface area contributed by atoms with Crippen molar-refractivity contribution >= 4 is 34.4 Å². The van der Waals surface area contributed by atoms with Crippen LogP contribution in [0.5, 0.6) is 0 Å². The Morgan fingerprint density at radius 2 is 1.74 bits per heavy atom. The van der Waals surface area contributed by atoms with Crippen LogP contribution in [0.4, 0.5) is 11.4 Å². The lowest BCUT2D eigenvalue weighted by Crippen LogP contribution is -2.39. The fourth-order valence-corrected chi connectivity index (χ4v) is 5.34. The fraction of sp³-hybridized carbons (Fsp3) is 0.231. The van der Waals surface area contributed by atoms with Crippen LogP contribution in [0, 0.1) is 5.41 Å². The zero-order valence-electron chi connectivity index (χ0n) is 17.6. The average molecular weight is 429 g/mol. The van der Waals surface area contributed by atoms with E-state index in [0.29, 0.717) is 16.9 Å². The Balaban J connectivity index is 1.79. The van der Waals surface area contributed by atoms with E-state index in [0.717, 1.165) is 29.1 Å². The SMILES string of the molecule is CC1(C)CC(=O)C2=C(C1)Nc1ccccc1N(C(=O)c1cccs1)C2c1ccccc1. The second-order valence-electron chi connectivity index (χ2n) is 8.94. The highest BCUT2D eigenvalue weighted by atomic mass is 32.1. The Hall–Kier alpha value is -3.18. The number of thiophene rings is 1. The molecule has 3 aromatic rings. The van der Waals surface area contributed by atoms with Gasteiger partial charge < -0.3 is 5.32 Å². The number of benzene rings is 2. The zero-order chi connectivity index (χ0) is 21.6. The van der Waals surface area contributed by atoms with Gasteiger partial charge in [0.25, 0.3) is 5.91 Å². The third kappa shape index (κ3) is 3.49. The van der Waals surface area contributed by atoms with Crippen molar-refractivity contribution in [2.24, 2.45) is 5.41 Å². The van der Waals surface area contributed by atoms with Gasteiger partial charge in [-0.15, -0.1) is 11.3 Å². The number of ketones is 1. The molecule has 0 bridgehead atoms. The summed E-state index contributed by atoms with van der Waals surface area (Å²) in [4.78, 5) is 29.9. The number of Topliss-reactive ketones (excluding diaryl/α,β-unsaturated/α-hetero) is 1. The van der Waals surface area contributed by atoms with Gasteiger partial charge in [0.05, 0.1) is 22.3 Å². The average Bonchev–Trinajstić information content (AvgIpc) is 3.23. The van der Waals surface area contributed by atoms with E-state index < -0.39 is 6.04 Å². The highest BCUT2D eigenvalue weighted by Crippen LogP contribution is 2.48. The molecule has 1 aliphatic carbocycles. The second kappa shape index (κ2) is 7.50. The Morgan fingerprint density at radius 3 is 2.48 bits per heavy atom. The first-order chi connectivity index (χ1) is 14.9. The van der Waals surface area contributed by atoms with Gasteiger partial charge >= 0.3 is 0 Å². The number of rotatable bonds is 2. The van der Waals surface area contributed by atoms with Crippen LogP contribution < -0.4 is 10.2 Å². The Bertz CT molecular complexity index is 1180. The quantitative estimate of drug-likeness (QED) is 0.528. The molecule has 31 heavy (non-hydrogen) atoms. The van der Waals surface area contributed by atoms with E-state index in [2.05, 4.69) is 19.2 Å². The molecule has 0 fully saturated rings. The first-order valence-corrected chi connectivity index (χ1v) is 11.4. The van der Waals surface area contributed by atoms with E-state index in [1.54, 1.807) is 0 Å². The van der Waals surface area contributed by atoms with Gasteiger partial charge in [0.1, 0.15) is 0 Å². The molecule has 1 amide bonds. The molecule has 5 rings (SSSR count). The summed E-state index contributed by atoms with van der Waals surface area (Å²) in [7, 11) is 0. The highest BCUT2D eigenvalue weighted by Gasteiger charge is 2.43. The lowest BCUT2D eigenvalue weighted by atomic mass is 9.73. The number of nitrogens with zero attached hydrogens (tertiary/aromatic N) is 1. The molecule has 0 radical (unpaired) electrons. The number of amides is 1. The maximum atomic E-state index is 13.8. The van der Waals surface area contributed by atoms with Crippen LogP contribution in [0.1, 0.15) is 48.0 Å². The van der Waals surface area contributed by atoms with Crippen LogP contribution in [0.25, 0.3) is 0 Å². The predicted octanol–water partition coefficient (Wildman–Crippen LogP) is 6.20. The lowest BCUT2D eigenvalue weighted by molar-refractivity contribution is -0.118. The topological polar surface area (TPSA) is 49.4 Å². The Morgan fingerprint density at radius 1 is 1.00 bits per heavy atom. The molecule has 5 heteroatoms. The molecule has 1 N–H and O–H groups in total. The van der Waals surface area contributed by atoms with Crippen molar-refractivity contribution < 1.29 is 9.59 Å². The van der Waals surface area contributed by atoms with Gasteiger partial charge in [0.15, 0.2) is 5.78 Å². The number of fused-ring (bicyclic) bond motifs is 1. The molecule has 1 aromatic heterocycles. The smallest absolute Gasteiger partial charge is 0.269 e. The monoisotopic (exact) mass is 428 g/mol. The van der Waals surface area contributed by atoms with Crippen LogP contribution in [-0.4, -0.2) is 11.7 Å². The fourth-order valence-electron chi connectivity index (χ4n) is 4.68. The highest BCUT2D eigenvalue weighted by molar-refractivity contribution is 7.12. The number of hydrogen-bond donors (Lipinski definition) is 1. The standard InChI is InChI=1S/C26H24N2O2S/c1-26(2)15-19-23(21(29)16-26)24(17-9-4-3-5-10-17)28(25(30)22-13-8-14-31-22)20-12-7-6-11-18(20)27-19/h3-14,24,27H,15-16H2,1-2H3. The van der Waals surface area contributed by atoms with Crippen LogP contribution >= 0.6 is 11.3 Å². The lowest BCUT2D eigenvalue weighted by Gasteiger charge is -2.37. The number of carbonyl (C=O) groups is 2. The van der Waals surface area contributed by atoms with E-state index in [9.17, 15) is 9.59 Å². The third-order valence-electron chi connectivity index (χ3n) is 5.97. The van der Waals surface area contributed by atoms with Crippen LogP contribution in [0.3, 0.4) is 0 Å². The molecule has 1 unspecified atom stereocenters. The molecular weight excluding hydrogens is 404 g/mol. The summed E-state index contributed by atoms with van der Waals surface area (Å²) in [5.41, 5.74) is 4.06. The van der Waals surface area contributed by atoms with Gasteiger partial charge in [-0.25, -0.2) is 0 Å². The van der Waals surface area contributed by atoms with Crippen molar-refractivity contribution in [2.45, 2.75) is 32.7 Å². The Labute approximate surface area is 186 Å². The molecule has 0 saturated heterocycles. The number of allylic oxidation sites excluding steroid dienone is 1. The molecule has 0 saturated carbocycles. The normalized spacial score (nSPS) is 19.9. The summed E-state index contributed by atoms with van der Waals surface area (Å²) >= 11 is 1.42. The van der Waals surface area contributed by atoms with Crippen molar-refractivity contribution in [1.82, 2.24) is 0 Å². The van der Waals surface area contributed by atoms with Crippen molar-refractivity contribution in [3.8, 4) is 0 Å². The molecule has 1 atom stereocenters. The summed E-state index contributed by atoms with van der Waals surface area (Å²) in [5, 5.41) is 5.45. The third-order valence-corrected chi connectivity index (χ3v) is 6.82. The van der Waals surface area contributed by atoms with Crippen molar-refractivity contribution in [1.29, 1.82) is 0 Å². The van der Waals surface area contributed by atoms with E-state index >= 15 is 0 Å². The molecule has 0 spiro atoms. The predicted molar refractivity (Wildman–Crippen MR) is 125 cm³/mol. The first kappa shape index (κ1) is 19.8. The summed E-state index contributed by atoms with van der Waals surface area (Å²) in [5.74, 6) is 0.00822. The largest absolute Gasteiger partial charge is 0.357 e. The van der Waals surface area contributed by atoms with Crippen LogP contribution in [-0.2, 0) is 4.79 Å². The molecule has 2 aromatic carbocycles. The van der Waals surface area contributed by atoms with E-state index in [1.165, 1.54) is 11.3 Å². The molecular formula is C26H24N2O2S. The first-order valence-electron chi connectivity index (χ1n) is 10.5. The van der Waals surface area contributed by atoms with Gasteiger partial charge in [0, 0.05) is 17.7 Å². The molecule has 2 heterocycles. The van der Waals surface area contributed by atoms with Gasteiger partial charge in [-0.3, -0.25) is 14.5 Å². The Kier molecular flexibility index (Phi) is 4.78. The maximum absolute atomic E-state index is 13.8. The van der Waals surface area contributed by atoms with Gasteiger partial charge in [-0.05, 0) is 41.0 Å². The minimum Gasteiger partial charge on any atom is -0.357 e. The molecule has 1 aliphatic heterocycles. The summed E-state index contributed by atoms with van der Waals surface area (Å²) in [6.45, 7) is 4.25. The summed E-state index contributed by atoms with van der Waals surface area (Å²) < 4.78 is 0. The van der Waals surface area contributed by atoms with E-state index in [4.69, 9.17) is 0 Å². The van der Waals surface area contributed by atoms with Gasteiger partial charge in [-0.2, -0.15) is 0 Å². The summed E-state index contributed by atoms with van der Waals surface area (Å²) in [6, 6.07) is 21.0. The molecule has 2 aliphatic rings. The minimum atomic E-state index is -0.481. The van der Waals surface area contributed by atoms with E-state index in [1.807, 2.05) is 77.0 Å². The summed E-state index contributed by atoms with van der Waals surface area (Å²) in [6.07, 6.45) is 1.22. The number of anilines is 2. The van der Waals surface area contributed by atoms with E-state index in [-0.39, 0.29) is 17.1 Å².